The van der Waals surface area contributed by atoms with Crippen molar-refractivity contribution >= 4 is 15.9 Å². The molecule has 0 radical (unpaired) electrons. The number of nitrogens with zero attached hydrogens (tertiary/aromatic N) is 1. The van der Waals surface area contributed by atoms with Crippen LogP contribution in [0.25, 0.3) is 11.4 Å². The highest BCUT2D eigenvalue weighted by Crippen LogP contribution is 2.16. The lowest BCUT2D eigenvalue weighted by Crippen LogP contribution is -1.82. The molecule has 0 amide bonds. The maximum absolute atomic E-state index is 4.30. The normalized spacial score (nSPS) is 10.1. The summed E-state index contributed by atoms with van der Waals surface area (Å²) in [5, 5.41) is 0. The second-order valence-electron chi connectivity index (χ2n) is 2.43. The van der Waals surface area contributed by atoms with Crippen LogP contribution in [0, 0.1) is 0 Å². The Bertz CT molecular complexity index is 368. The summed E-state index contributed by atoms with van der Waals surface area (Å²) in [4.78, 5) is 7.40. The van der Waals surface area contributed by atoms with Gasteiger partial charge >= 0.3 is 0 Å². The third-order valence-corrected chi connectivity index (χ3v) is 2.03. The summed E-state index contributed by atoms with van der Waals surface area (Å²) >= 11 is 3.32. The fourth-order valence-electron chi connectivity index (χ4n) is 1.05. The second kappa shape index (κ2) is 3.11. The number of aromatic amines is 1. The summed E-state index contributed by atoms with van der Waals surface area (Å²) in [6.07, 6.45) is 1.89. The van der Waals surface area contributed by atoms with Crippen LogP contribution in [0.2, 0.25) is 0 Å². The van der Waals surface area contributed by atoms with E-state index < -0.39 is 0 Å². The Kier molecular flexibility index (Phi) is 1.96. The molecule has 0 aliphatic carbocycles. The summed E-state index contributed by atoms with van der Waals surface area (Å²) in [7, 11) is 0. The van der Waals surface area contributed by atoms with Crippen LogP contribution in [-0.4, -0.2) is 9.97 Å². The summed E-state index contributed by atoms with van der Waals surface area (Å²) in [5.74, 6) is 0. The second-order valence-corrected chi connectivity index (χ2v) is 3.24. The van der Waals surface area contributed by atoms with Crippen molar-refractivity contribution in [3.8, 4) is 11.4 Å². The number of pyridine rings is 1. The lowest BCUT2D eigenvalue weighted by molar-refractivity contribution is 1.25. The van der Waals surface area contributed by atoms with E-state index in [1.165, 1.54) is 0 Å². The van der Waals surface area contributed by atoms with Gasteiger partial charge in [0.2, 0.25) is 0 Å². The highest BCUT2D eigenvalue weighted by Gasteiger charge is 1.98. The van der Waals surface area contributed by atoms with Crippen molar-refractivity contribution in [3.63, 3.8) is 0 Å². The van der Waals surface area contributed by atoms with E-state index in [2.05, 4.69) is 25.9 Å². The van der Waals surface area contributed by atoms with Crippen molar-refractivity contribution in [2.45, 2.75) is 0 Å². The number of hydrogen-bond donors (Lipinski definition) is 1. The maximum atomic E-state index is 4.30. The molecule has 0 aliphatic heterocycles. The molecule has 1 N–H and O–H groups in total. The van der Waals surface area contributed by atoms with Crippen LogP contribution in [-0.2, 0) is 0 Å². The van der Waals surface area contributed by atoms with E-state index in [-0.39, 0.29) is 0 Å². The Morgan fingerprint density at radius 3 is 2.75 bits per heavy atom. The molecule has 60 valence electrons. The first kappa shape index (κ1) is 7.55. The van der Waals surface area contributed by atoms with Crippen LogP contribution in [0.4, 0.5) is 0 Å². The zero-order valence-electron chi connectivity index (χ0n) is 6.29. The van der Waals surface area contributed by atoms with Gasteiger partial charge in [-0.1, -0.05) is 6.07 Å². The van der Waals surface area contributed by atoms with Crippen LogP contribution in [0.1, 0.15) is 0 Å². The average molecular weight is 223 g/mol. The molecule has 2 nitrogen and oxygen atoms in total. The van der Waals surface area contributed by atoms with Crippen LogP contribution < -0.4 is 0 Å². The van der Waals surface area contributed by atoms with Crippen molar-refractivity contribution in [1.82, 2.24) is 9.97 Å². The lowest BCUT2D eigenvalue weighted by Gasteiger charge is -1.96. The van der Waals surface area contributed by atoms with E-state index in [1.807, 2.05) is 36.5 Å². The first-order valence-electron chi connectivity index (χ1n) is 3.62. The van der Waals surface area contributed by atoms with Crippen molar-refractivity contribution < 1.29 is 0 Å². The van der Waals surface area contributed by atoms with E-state index in [0.717, 1.165) is 16.0 Å². The van der Waals surface area contributed by atoms with Gasteiger partial charge in [0.25, 0.3) is 0 Å². The van der Waals surface area contributed by atoms with Gasteiger partial charge < -0.3 is 4.98 Å². The quantitative estimate of drug-likeness (QED) is 0.740. The molecule has 0 aliphatic rings. The van der Waals surface area contributed by atoms with E-state index in [1.54, 1.807) is 0 Å². The van der Waals surface area contributed by atoms with Crippen LogP contribution in [0.3, 0.4) is 0 Å². The highest BCUT2D eigenvalue weighted by atomic mass is 79.9. The Labute approximate surface area is 78.8 Å². The minimum atomic E-state index is 0.856. The molecule has 0 unspecified atom stereocenters. The van der Waals surface area contributed by atoms with Crippen molar-refractivity contribution in [1.29, 1.82) is 0 Å². The van der Waals surface area contributed by atoms with Crippen molar-refractivity contribution in [2.24, 2.45) is 0 Å². The van der Waals surface area contributed by atoms with E-state index >= 15 is 0 Å². The molecule has 0 spiro atoms. The van der Waals surface area contributed by atoms with Gasteiger partial charge in [-0.15, -0.1) is 0 Å². The minimum Gasteiger partial charge on any atom is -0.360 e. The Hall–Kier alpha value is -1.09. The number of aromatic nitrogens is 2. The van der Waals surface area contributed by atoms with Gasteiger partial charge in [-0.05, 0) is 40.2 Å². The molecule has 0 saturated heterocycles. The number of nitrogens with one attached hydrogen (secondary N) is 1. The zero-order chi connectivity index (χ0) is 8.39. The molecule has 0 aromatic carbocycles. The summed E-state index contributed by atoms with van der Waals surface area (Å²) < 4.78 is 0.856. The van der Waals surface area contributed by atoms with Crippen LogP contribution in [0.15, 0.2) is 41.1 Å². The summed E-state index contributed by atoms with van der Waals surface area (Å²) in [5.41, 5.74) is 1.99. The molecule has 3 heteroatoms. The third-order valence-electron chi connectivity index (χ3n) is 1.59. The van der Waals surface area contributed by atoms with Gasteiger partial charge in [0.1, 0.15) is 4.60 Å². The summed E-state index contributed by atoms with van der Waals surface area (Å²) in [6, 6.07) is 9.79. The zero-order valence-corrected chi connectivity index (χ0v) is 7.88. The predicted molar refractivity (Wildman–Crippen MR) is 51.7 cm³/mol. The summed E-state index contributed by atoms with van der Waals surface area (Å²) in [6.45, 7) is 0. The topological polar surface area (TPSA) is 28.7 Å². The minimum absolute atomic E-state index is 0.856. The smallest absolute Gasteiger partial charge is 0.106 e. The largest absolute Gasteiger partial charge is 0.360 e. The lowest BCUT2D eigenvalue weighted by atomic mass is 10.3. The monoisotopic (exact) mass is 222 g/mol. The maximum Gasteiger partial charge on any atom is 0.106 e. The molecular formula is C9H7BrN2. The molecule has 0 bridgehead atoms. The SMILES string of the molecule is Brc1cccc(-c2ccc[nH]2)n1. The van der Waals surface area contributed by atoms with E-state index in [4.69, 9.17) is 0 Å². The van der Waals surface area contributed by atoms with E-state index in [0.29, 0.717) is 0 Å². The van der Waals surface area contributed by atoms with Crippen molar-refractivity contribution in [3.05, 3.63) is 41.1 Å². The first-order valence-corrected chi connectivity index (χ1v) is 4.42. The number of rotatable bonds is 1. The van der Waals surface area contributed by atoms with Gasteiger partial charge in [0.05, 0.1) is 11.4 Å². The van der Waals surface area contributed by atoms with E-state index in [9.17, 15) is 0 Å². The van der Waals surface area contributed by atoms with Crippen LogP contribution in [0.5, 0.6) is 0 Å². The third kappa shape index (κ3) is 1.41. The molecular weight excluding hydrogens is 216 g/mol. The molecule has 12 heavy (non-hydrogen) atoms. The van der Waals surface area contributed by atoms with Gasteiger partial charge in [0.15, 0.2) is 0 Å². The standard InChI is InChI=1S/C9H7BrN2/c10-9-5-1-3-8(12-9)7-4-2-6-11-7/h1-6,11H. The number of H-pyrrole nitrogens is 1. The van der Waals surface area contributed by atoms with Gasteiger partial charge in [0, 0.05) is 6.20 Å². The van der Waals surface area contributed by atoms with Crippen molar-refractivity contribution in [2.75, 3.05) is 0 Å². The van der Waals surface area contributed by atoms with Gasteiger partial charge in [-0.2, -0.15) is 0 Å². The Morgan fingerprint density at radius 1 is 1.17 bits per heavy atom. The van der Waals surface area contributed by atoms with Gasteiger partial charge in [-0.25, -0.2) is 4.98 Å². The molecule has 2 rings (SSSR count). The Balaban J connectivity index is 2.48. The molecule has 2 aromatic heterocycles. The number of halogens is 1. The van der Waals surface area contributed by atoms with Crippen LogP contribution >= 0.6 is 15.9 Å². The Morgan fingerprint density at radius 2 is 2.08 bits per heavy atom. The first-order chi connectivity index (χ1) is 5.86. The molecule has 0 atom stereocenters. The average Bonchev–Trinajstić information content (AvgIpc) is 2.56. The molecule has 0 saturated carbocycles. The van der Waals surface area contributed by atoms with Gasteiger partial charge in [-0.3, -0.25) is 0 Å². The molecule has 2 aromatic rings. The fraction of sp³-hybridized carbons (Fsp3) is 0. The molecule has 2 heterocycles. The highest BCUT2D eigenvalue weighted by molar-refractivity contribution is 9.10. The number of hydrogen-bond acceptors (Lipinski definition) is 1. The molecule has 0 fully saturated rings. The predicted octanol–water partition coefficient (Wildman–Crippen LogP) is 2.84. The fourth-order valence-corrected chi connectivity index (χ4v) is 1.39.